The minimum atomic E-state index is -0.505. The molecule has 2 amide bonds. The molecule has 6 rings (SSSR count). The average Bonchev–Trinajstić information content (AvgIpc) is 3.62. The number of hydrogen-bond acceptors (Lipinski definition) is 6. The molecule has 1 N–H and O–H groups in total. The maximum Gasteiger partial charge on any atom is 0.336 e. The minimum absolute atomic E-state index is 0.0578. The van der Waals surface area contributed by atoms with Crippen LogP contribution in [0, 0.1) is 0 Å². The Morgan fingerprint density at radius 2 is 1.91 bits per heavy atom. The Bertz CT molecular complexity index is 1430. The molecule has 3 aliphatic rings. The molecule has 0 bridgehead atoms. The fourth-order valence-electron chi connectivity index (χ4n) is 4.91. The van der Waals surface area contributed by atoms with Gasteiger partial charge in [0.2, 0.25) is 5.91 Å². The van der Waals surface area contributed by atoms with Gasteiger partial charge >= 0.3 is 5.63 Å². The minimum Gasteiger partial charge on any atom is -0.489 e. The highest BCUT2D eigenvalue weighted by Crippen LogP contribution is 2.62. The van der Waals surface area contributed by atoms with Crippen molar-refractivity contribution < 1.29 is 18.7 Å². The summed E-state index contributed by atoms with van der Waals surface area (Å²) in [6.07, 6.45) is 2.29. The van der Waals surface area contributed by atoms with Crippen LogP contribution >= 0.6 is 11.8 Å². The number of rotatable bonds is 6. The zero-order valence-electron chi connectivity index (χ0n) is 19.2. The molecule has 2 unspecified atom stereocenters. The number of amides is 2. The molecule has 1 saturated carbocycles. The normalized spacial score (nSPS) is 22.1. The van der Waals surface area contributed by atoms with Gasteiger partial charge in [-0.25, -0.2) is 4.79 Å². The number of hydrogen-bond donors (Lipinski definition) is 1. The summed E-state index contributed by atoms with van der Waals surface area (Å²) in [5, 5.41) is 3.69. The van der Waals surface area contributed by atoms with Crippen LogP contribution in [0.15, 0.2) is 81.1 Å². The fourth-order valence-corrected chi connectivity index (χ4v) is 6.75. The number of nitrogens with zero attached hydrogens (tertiary/aromatic N) is 1. The zero-order valence-corrected chi connectivity index (χ0v) is 20.0. The first-order valence-electron chi connectivity index (χ1n) is 11.6. The van der Waals surface area contributed by atoms with E-state index in [0.717, 1.165) is 35.1 Å². The van der Waals surface area contributed by atoms with Crippen molar-refractivity contribution in [3.63, 3.8) is 0 Å². The maximum absolute atomic E-state index is 13.0. The van der Waals surface area contributed by atoms with Gasteiger partial charge < -0.3 is 14.5 Å². The van der Waals surface area contributed by atoms with Crippen LogP contribution in [0.4, 0.5) is 0 Å². The smallest absolute Gasteiger partial charge is 0.336 e. The van der Waals surface area contributed by atoms with Gasteiger partial charge in [-0.15, -0.1) is 11.8 Å². The maximum atomic E-state index is 13.0. The number of nitrogens with one attached hydrogen (secondary N) is 1. The number of ether oxygens (including phenoxy) is 1. The number of allylic oxidation sites excluding steroid dienone is 1. The Morgan fingerprint density at radius 3 is 2.69 bits per heavy atom. The van der Waals surface area contributed by atoms with Gasteiger partial charge in [0, 0.05) is 33.5 Å². The van der Waals surface area contributed by atoms with Gasteiger partial charge in [-0.05, 0) is 43.5 Å². The second-order valence-corrected chi connectivity index (χ2v) is 10.7. The topological polar surface area (TPSA) is 88.8 Å². The molecule has 2 aliphatic heterocycles. The zero-order chi connectivity index (χ0) is 24.2. The molecular weight excluding hydrogens is 464 g/mol. The lowest BCUT2D eigenvalue weighted by atomic mass is 10.00. The SMILES string of the molecule is CC1=C(COc2ccc3ccc(=O)oc3c2)C2(CC2)SC2C(NC(=O)Cc3ccccc3)C(=O)N12. The lowest BCUT2D eigenvalue weighted by molar-refractivity contribution is -0.145. The Balaban J connectivity index is 1.17. The second kappa shape index (κ2) is 8.30. The molecule has 35 heavy (non-hydrogen) atoms. The Kier molecular flexibility index (Phi) is 5.21. The molecule has 1 saturated heterocycles. The van der Waals surface area contributed by atoms with Gasteiger partial charge in [-0.3, -0.25) is 14.5 Å². The van der Waals surface area contributed by atoms with E-state index >= 15 is 0 Å². The molecule has 3 heterocycles. The number of thioether (sulfide) groups is 1. The van der Waals surface area contributed by atoms with Crippen molar-refractivity contribution in [3.8, 4) is 5.75 Å². The quantitative estimate of drug-likeness (QED) is 0.421. The standard InChI is InChI=1S/C27H24N2O5S/c1-16-20(15-33-19-9-7-18-8-10-23(31)34-21(18)14-19)27(11-12-27)35-26-24(25(32)29(16)26)28-22(30)13-17-5-3-2-4-6-17/h2-10,14,24,26H,11-13,15H2,1H3,(H,28,30). The average molecular weight is 489 g/mol. The van der Waals surface area contributed by atoms with E-state index in [2.05, 4.69) is 5.32 Å². The number of fused-ring (bicyclic) bond motifs is 2. The van der Waals surface area contributed by atoms with Gasteiger partial charge in [-0.1, -0.05) is 30.3 Å². The van der Waals surface area contributed by atoms with Gasteiger partial charge in [0.25, 0.3) is 5.91 Å². The van der Waals surface area contributed by atoms with Gasteiger partial charge in [0.1, 0.15) is 29.4 Å². The predicted octanol–water partition coefficient (Wildman–Crippen LogP) is 3.62. The van der Waals surface area contributed by atoms with Crippen LogP contribution < -0.4 is 15.7 Å². The van der Waals surface area contributed by atoms with E-state index in [-0.39, 0.29) is 28.4 Å². The van der Waals surface area contributed by atoms with Crippen LogP contribution in [0.1, 0.15) is 25.3 Å². The van der Waals surface area contributed by atoms with E-state index in [4.69, 9.17) is 9.15 Å². The lowest BCUT2D eigenvalue weighted by Gasteiger charge is -2.52. The van der Waals surface area contributed by atoms with Gasteiger partial charge in [0.15, 0.2) is 0 Å². The molecule has 7 nitrogen and oxygen atoms in total. The summed E-state index contributed by atoms with van der Waals surface area (Å²) in [5.41, 5.74) is 3.02. The molecule has 1 spiro atoms. The van der Waals surface area contributed by atoms with Gasteiger partial charge in [0.05, 0.1) is 6.42 Å². The van der Waals surface area contributed by atoms with E-state index in [1.807, 2.05) is 49.4 Å². The highest BCUT2D eigenvalue weighted by Gasteiger charge is 2.61. The summed E-state index contributed by atoms with van der Waals surface area (Å²) in [5.74, 6) is 0.385. The summed E-state index contributed by atoms with van der Waals surface area (Å²) in [4.78, 5) is 38.9. The van der Waals surface area contributed by atoms with Crippen LogP contribution in [-0.4, -0.2) is 39.5 Å². The molecule has 2 atom stereocenters. The molecule has 2 fully saturated rings. The molecule has 1 aromatic heterocycles. The van der Waals surface area contributed by atoms with Crippen LogP contribution in [-0.2, 0) is 16.0 Å². The molecule has 8 heteroatoms. The van der Waals surface area contributed by atoms with Crippen molar-refractivity contribution in [3.05, 3.63) is 87.9 Å². The predicted molar refractivity (Wildman–Crippen MR) is 133 cm³/mol. The van der Waals surface area contributed by atoms with Crippen molar-refractivity contribution >= 4 is 34.5 Å². The highest BCUT2D eigenvalue weighted by atomic mass is 32.2. The molecule has 1 aliphatic carbocycles. The van der Waals surface area contributed by atoms with E-state index in [1.165, 1.54) is 6.07 Å². The van der Waals surface area contributed by atoms with Crippen molar-refractivity contribution in [1.82, 2.24) is 10.2 Å². The highest BCUT2D eigenvalue weighted by molar-refractivity contribution is 8.02. The number of carbonyl (C=O) groups is 2. The summed E-state index contributed by atoms with van der Waals surface area (Å²) < 4.78 is 11.3. The van der Waals surface area contributed by atoms with Crippen molar-refractivity contribution in [2.45, 2.75) is 42.3 Å². The largest absolute Gasteiger partial charge is 0.489 e. The van der Waals surface area contributed by atoms with Crippen LogP contribution in [0.25, 0.3) is 11.0 Å². The monoisotopic (exact) mass is 488 g/mol. The van der Waals surface area contributed by atoms with E-state index in [0.29, 0.717) is 17.9 Å². The molecule has 2 aromatic carbocycles. The lowest BCUT2D eigenvalue weighted by Crippen LogP contribution is -2.70. The molecule has 0 radical (unpaired) electrons. The van der Waals surface area contributed by atoms with Crippen LogP contribution in [0.3, 0.4) is 0 Å². The first-order chi connectivity index (χ1) is 16.9. The van der Waals surface area contributed by atoms with E-state index in [9.17, 15) is 14.4 Å². The van der Waals surface area contributed by atoms with Crippen molar-refractivity contribution in [2.75, 3.05) is 6.61 Å². The summed E-state index contributed by atoms with van der Waals surface area (Å²) in [6.45, 7) is 2.31. The number of benzene rings is 2. The second-order valence-electron chi connectivity index (χ2n) is 9.23. The third-order valence-electron chi connectivity index (χ3n) is 6.94. The Morgan fingerprint density at radius 1 is 1.14 bits per heavy atom. The van der Waals surface area contributed by atoms with Crippen LogP contribution in [0.2, 0.25) is 0 Å². The number of carbonyl (C=O) groups excluding carboxylic acids is 2. The third kappa shape index (κ3) is 3.91. The molecular formula is C27H24N2O5S. The Hall–Kier alpha value is -3.52. The number of β-lactam (4-membered cyclic amide) rings is 1. The van der Waals surface area contributed by atoms with E-state index in [1.54, 1.807) is 28.8 Å². The van der Waals surface area contributed by atoms with Crippen molar-refractivity contribution in [1.29, 1.82) is 0 Å². The van der Waals surface area contributed by atoms with Crippen molar-refractivity contribution in [2.24, 2.45) is 0 Å². The fraction of sp³-hybridized carbons (Fsp3) is 0.296. The van der Waals surface area contributed by atoms with Gasteiger partial charge in [-0.2, -0.15) is 0 Å². The molecule has 3 aromatic rings. The van der Waals surface area contributed by atoms with E-state index < -0.39 is 11.7 Å². The van der Waals surface area contributed by atoms with Crippen LogP contribution in [0.5, 0.6) is 5.75 Å². The molecule has 178 valence electrons. The Labute approximate surface area is 206 Å². The summed E-state index contributed by atoms with van der Waals surface area (Å²) in [7, 11) is 0. The summed E-state index contributed by atoms with van der Waals surface area (Å²) >= 11 is 1.75. The first kappa shape index (κ1) is 22.0. The first-order valence-corrected chi connectivity index (χ1v) is 12.5. The third-order valence-corrected chi connectivity index (χ3v) is 8.77. The summed E-state index contributed by atoms with van der Waals surface area (Å²) in [6, 6.07) is 17.6.